The number of carboxylic acid groups (broad SMARTS) is 1. The molecule has 206 valence electrons. The number of hydrogen-bond donors (Lipinski definition) is 6. The highest BCUT2D eigenvalue weighted by atomic mass is 32.2. The number of phenolic OH excluding ortho intramolecular Hbond substituents is 1. The van der Waals surface area contributed by atoms with Crippen molar-refractivity contribution in [3.8, 4) is 5.75 Å². The van der Waals surface area contributed by atoms with Crippen molar-refractivity contribution in [1.29, 1.82) is 0 Å². The first kappa shape index (κ1) is 29.0. The van der Waals surface area contributed by atoms with Crippen LogP contribution in [-0.2, 0) is 32.0 Å². The van der Waals surface area contributed by atoms with Crippen LogP contribution in [-0.4, -0.2) is 91.5 Å². The smallest absolute Gasteiger partial charge is 0.326 e. The molecule has 2 heterocycles. The highest BCUT2D eigenvalue weighted by Gasteiger charge is 2.39. The summed E-state index contributed by atoms with van der Waals surface area (Å²) in [5, 5.41) is 24.2. The zero-order valence-corrected chi connectivity index (χ0v) is 21.9. The first-order valence-corrected chi connectivity index (χ1v) is 13.7. The van der Waals surface area contributed by atoms with Crippen molar-refractivity contribution in [2.75, 3.05) is 18.6 Å². The minimum atomic E-state index is -1.13. The maximum absolute atomic E-state index is 13.6. The molecule has 0 spiro atoms. The van der Waals surface area contributed by atoms with E-state index in [0.29, 0.717) is 30.8 Å². The van der Waals surface area contributed by atoms with E-state index in [1.54, 1.807) is 18.3 Å². The van der Waals surface area contributed by atoms with Gasteiger partial charge >= 0.3 is 5.97 Å². The second-order valence-electron chi connectivity index (χ2n) is 9.19. The van der Waals surface area contributed by atoms with E-state index < -0.39 is 47.9 Å². The molecule has 4 atom stereocenters. The summed E-state index contributed by atoms with van der Waals surface area (Å²) in [6.07, 6.45) is 6.37. The standard InChI is InChI=1S/C25H34N6O6S/c1-38-10-8-19(25(36)37)29-23(34)21-3-2-9-31(21)24(35)20(12-16-13-27-14-28-16)30-22(33)18(26)11-15-4-6-17(32)7-5-15/h4-7,13-14,18-21,32H,2-3,8-12,26H2,1H3,(H,27,28)(H,29,34)(H,30,33)(H,36,37). The molecule has 4 unspecified atom stereocenters. The molecule has 1 aromatic carbocycles. The van der Waals surface area contributed by atoms with Crippen LogP contribution in [0.15, 0.2) is 36.8 Å². The largest absolute Gasteiger partial charge is 0.508 e. The summed E-state index contributed by atoms with van der Waals surface area (Å²) in [5.41, 5.74) is 7.47. The fourth-order valence-corrected chi connectivity index (χ4v) is 4.81. The highest BCUT2D eigenvalue weighted by molar-refractivity contribution is 7.98. The van der Waals surface area contributed by atoms with Gasteiger partial charge in [-0.15, -0.1) is 0 Å². The number of phenols is 1. The van der Waals surface area contributed by atoms with Crippen LogP contribution in [0, 0.1) is 0 Å². The Morgan fingerprint density at radius 1 is 1.18 bits per heavy atom. The van der Waals surface area contributed by atoms with Gasteiger partial charge in [0.2, 0.25) is 17.7 Å². The van der Waals surface area contributed by atoms with E-state index in [-0.39, 0.29) is 25.0 Å². The van der Waals surface area contributed by atoms with Gasteiger partial charge in [-0.05, 0) is 55.4 Å². The molecule has 1 fully saturated rings. The molecule has 38 heavy (non-hydrogen) atoms. The minimum absolute atomic E-state index is 0.0973. The number of imidazole rings is 1. The van der Waals surface area contributed by atoms with Gasteiger partial charge in [0.1, 0.15) is 23.9 Å². The van der Waals surface area contributed by atoms with Gasteiger partial charge in [0, 0.05) is 24.9 Å². The molecule has 12 nitrogen and oxygen atoms in total. The number of hydrogen-bond acceptors (Lipinski definition) is 8. The molecule has 13 heteroatoms. The normalized spacial score (nSPS) is 17.4. The third kappa shape index (κ3) is 7.96. The first-order valence-electron chi connectivity index (χ1n) is 12.3. The van der Waals surface area contributed by atoms with E-state index in [2.05, 4.69) is 20.6 Å². The number of nitrogens with one attached hydrogen (secondary N) is 3. The summed E-state index contributed by atoms with van der Waals surface area (Å²) < 4.78 is 0. The predicted molar refractivity (Wildman–Crippen MR) is 141 cm³/mol. The van der Waals surface area contributed by atoms with Crippen molar-refractivity contribution in [3.05, 3.63) is 48.0 Å². The molecule has 3 rings (SSSR count). The molecule has 2 aromatic rings. The van der Waals surface area contributed by atoms with Crippen LogP contribution >= 0.6 is 11.8 Å². The molecule has 1 aliphatic rings. The Balaban J connectivity index is 1.71. The molecule has 0 radical (unpaired) electrons. The number of carbonyl (C=O) groups is 4. The lowest BCUT2D eigenvalue weighted by Crippen LogP contribution is -2.57. The van der Waals surface area contributed by atoms with Gasteiger partial charge in [-0.2, -0.15) is 11.8 Å². The molecule has 1 aliphatic heterocycles. The zero-order chi connectivity index (χ0) is 27.7. The van der Waals surface area contributed by atoms with Crippen molar-refractivity contribution in [3.63, 3.8) is 0 Å². The van der Waals surface area contributed by atoms with Crippen LogP contribution in [0.3, 0.4) is 0 Å². The van der Waals surface area contributed by atoms with E-state index in [1.807, 2.05) is 6.26 Å². The van der Waals surface area contributed by atoms with Gasteiger partial charge in [0.25, 0.3) is 0 Å². The second kappa shape index (κ2) is 13.8. The van der Waals surface area contributed by atoms with Gasteiger partial charge in [-0.1, -0.05) is 12.1 Å². The number of rotatable bonds is 13. The maximum Gasteiger partial charge on any atom is 0.326 e. The number of aliphatic carboxylic acids is 1. The number of nitrogens with two attached hydrogens (primary N) is 1. The molecule has 7 N–H and O–H groups in total. The molecule has 1 saturated heterocycles. The third-order valence-electron chi connectivity index (χ3n) is 6.39. The van der Waals surface area contributed by atoms with Crippen LogP contribution in [0.4, 0.5) is 0 Å². The van der Waals surface area contributed by atoms with Gasteiger partial charge in [-0.25, -0.2) is 9.78 Å². The van der Waals surface area contributed by atoms with E-state index in [4.69, 9.17) is 5.73 Å². The summed E-state index contributed by atoms with van der Waals surface area (Å²) in [4.78, 5) is 59.5. The lowest BCUT2D eigenvalue weighted by molar-refractivity contribution is -0.145. The number of benzene rings is 1. The van der Waals surface area contributed by atoms with Crippen LogP contribution in [0.2, 0.25) is 0 Å². The fourth-order valence-electron chi connectivity index (χ4n) is 4.34. The van der Waals surface area contributed by atoms with Crippen molar-refractivity contribution in [1.82, 2.24) is 25.5 Å². The summed E-state index contributed by atoms with van der Waals surface area (Å²) in [5.74, 6) is -2.00. The van der Waals surface area contributed by atoms with E-state index in [1.165, 1.54) is 35.1 Å². The van der Waals surface area contributed by atoms with Gasteiger partial charge < -0.3 is 36.5 Å². The van der Waals surface area contributed by atoms with Crippen LogP contribution in [0.5, 0.6) is 5.75 Å². The Morgan fingerprint density at radius 2 is 1.92 bits per heavy atom. The van der Waals surface area contributed by atoms with E-state index >= 15 is 0 Å². The fraction of sp³-hybridized carbons (Fsp3) is 0.480. The van der Waals surface area contributed by atoms with Gasteiger partial charge in [-0.3, -0.25) is 14.4 Å². The summed E-state index contributed by atoms with van der Waals surface area (Å²) in [7, 11) is 0. The molecule has 3 amide bonds. The van der Waals surface area contributed by atoms with Gasteiger partial charge in [0.05, 0.1) is 12.4 Å². The van der Waals surface area contributed by atoms with Crippen LogP contribution < -0.4 is 16.4 Å². The van der Waals surface area contributed by atoms with Crippen LogP contribution in [0.1, 0.15) is 30.5 Å². The summed E-state index contributed by atoms with van der Waals surface area (Å²) in [6.45, 7) is 0.300. The average Bonchev–Trinajstić information content (AvgIpc) is 3.59. The summed E-state index contributed by atoms with van der Waals surface area (Å²) in [6, 6.07) is 2.45. The number of aromatic hydroxyl groups is 1. The third-order valence-corrected chi connectivity index (χ3v) is 7.03. The quantitative estimate of drug-likeness (QED) is 0.201. The average molecular weight is 547 g/mol. The number of likely N-dealkylation sites (tertiary alicyclic amines) is 1. The molecule has 1 aromatic heterocycles. The maximum atomic E-state index is 13.6. The molecule has 0 bridgehead atoms. The topological polar surface area (TPSA) is 191 Å². The molecular weight excluding hydrogens is 512 g/mol. The van der Waals surface area contributed by atoms with Crippen molar-refractivity contribution < 1.29 is 29.4 Å². The van der Waals surface area contributed by atoms with E-state index in [0.717, 1.165) is 5.56 Å². The monoisotopic (exact) mass is 546 g/mol. The SMILES string of the molecule is CSCCC(NC(=O)C1CCCN1C(=O)C(Cc1cnc[nH]1)NC(=O)C(N)Cc1ccc(O)cc1)C(=O)O. The molecular formula is C25H34N6O6S. The number of aromatic nitrogens is 2. The summed E-state index contributed by atoms with van der Waals surface area (Å²) >= 11 is 1.48. The number of H-pyrrole nitrogens is 1. The number of amides is 3. The van der Waals surface area contributed by atoms with Crippen molar-refractivity contribution in [2.24, 2.45) is 5.73 Å². The van der Waals surface area contributed by atoms with Crippen molar-refractivity contribution in [2.45, 2.75) is 56.3 Å². The van der Waals surface area contributed by atoms with E-state index in [9.17, 15) is 29.4 Å². The Bertz CT molecular complexity index is 1100. The first-order chi connectivity index (χ1) is 18.2. The lowest BCUT2D eigenvalue weighted by atomic mass is 10.0. The number of thioether (sulfide) groups is 1. The number of nitrogens with zero attached hydrogens (tertiary/aromatic N) is 2. The highest BCUT2D eigenvalue weighted by Crippen LogP contribution is 2.20. The predicted octanol–water partition coefficient (Wildman–Crippen LogP) is 0.0261. The zero-order valence-electron chi connectivity index (χ0n) is 21.1. The number of carbonyl (C=O) groups excluding carboxylic acids is 3. The Labute approximate surface area is 224 Å². The Kier molecular flexibility index (Phi) is 10.5. The number of carboxylic acids is 1. The second-order valence-corrected chi connectivity index (χ2v) is 10.2. The Morgan fingerprint density at radius 3 is 2.55 bits per heavy atom. The lowest BCUT2D eigenvalue weighted by Gasteiger charge is -2.30. The molecule has 0 saturated carbocycles. The minimum Gasteiger partial charge on any atom is -0.508 e. The van der Waals surface area contributed by atoms with Crippen LogP contribution in [0.25, 0.3) is 0 Å². The van der Waals surface area contributed by atoms with Crippen molar-refractivity contribution >= 4 is 35.5 Å². The molecule has 0 aliphatic carbocycles. The number of aromatic amines is 1. The van der Waals surface area contributed by atoms with Gasteiger partial charge in [0.15, 0.2) is 0 Å². The Hall–Kier alpha value is -3.58.